The first-order chi connectivity index (χ1) is 8.70. The Morgan fingerprint density at radius 1 is 1.56 bits per heavy atom. The van der Waals surface area contributed by atoms with Gasteiger partial charge < -0.3 is 10.1 Å². The van der Waals surface area contributed by atoms with Crippen LogP contribution >= 0.6 is 11.6 Å². The Hall–Kier alpha value is -1.06. The average molecular weight is 268 g/mol. The summed E-state index contributed by atoms with van der Waals surface area (Å²) in [6, 6.07) is 5.21. The molecule has 0 bridgehead atoms. The molecule has 3 nitrogen and oxygen atoms in total. The highest BCUT2D eigenvalue weighted by Gasteiger charge is 2.18. The van der Waals surface area contributed by atoms with Gasteiger partial charge in [0.15, 0.2) is 5.78 Å². The van der Waals surface area contributed by atoms with Gasteiger partial charge >= 0.3 is 0 Å². The smallest absolute Gasteiger partial charge is 0.163 e. The van der Waals surface area contributed by atoms with E-state index in [0.29, 0.717) is 28.7 Å². The first-order valence-electron chi connectivity index (χ1n) is 6.28. The summed E-state index contributed by atoms with van der Waals surface area (Å²) >= 11 is 5.95. The van der Waals surface area contributed by atoms with Crippen LogP contribution in [0.5, 0.6) is 5.75 Å². The van der Waals surface area contributed by atoms with E-state index in [1.807, 2.05) is 0 Å². The van der Waals surface area contributed by atoms with Gasteiger partial charge in [0.1, 0.15) is 5.75 Å². The monoisotopic (exact) mass is 267 g/mol. The minimum Gasteiger partial charge on any atom is -0.495 e. The molecule has 1 unspecified atom stereocenters. The third-order valence-corrected chi connectivity index (χ3v) is 3.66. The quantitative estimate of drug-likeness (QED) is 0.853. The first kappa shape index (κ1) is 13.4. The van der Waals surface area contributed by atoms with E-state index in [0.717, 1.165) is 25.9 Å². The van der Waals surface area contributed by atoms with Crippen molar-refractivity contribution in [1.82, 2.24) is 5.32 Å². The van der Waals surface area contributed by atoms with Gasteiger partial charge in [-0.3, -0.25) is 4.79 Å². The zero-order valence-electron chi connectivity index (χ0n) is 10.5. The Morgan fingerprint density at radius 2 is 2.39 bits per heavy atom. The lowest BCUT2D eigenvalue weighted by Crippen LogP contribution is -2.31. The molecule has 1 aliphatic rings. The lowest BCUT2D eigenvalue weighted by molar-refractivity contribution is 0.0953. The SMILES string of the molecule is COc1cc(C(=O)CC2CCCNC2)ccc1Cl. The van der Waals surface area contributed by atoms with Crippen molar-refractivity contribution >= 4 is 17.4 Å². The molecule has 1 aromatic rings. The highest BCUT2D eigenvalue weighted by atomic mass is 35.5. The number of hydrogen-bond acceptors (Lipinski definition) is 3. The van der Waals surface area contributed by atoms with Crippen LogP contribution in [0.15, 0.2) is 18.2 Å². The molecule has 4 heteroatoms. The van der Waals surface area contributed by atoms with Crippen LogP contribution in [-0.2, 0) is 0 Å². The van der Waals surface area contributed by atoms with Crippen LogP contribution < -0.4 is 10.1 Å². The third-order valence-electron chi connectivity index (χ3n) is 3.35. The van der Waals surface area contributed by atoms with Crippen LogP contribution in [0.3, 0.4) is 0 Å². The van der Waals surface area contributed by atoms with Crippen LogP contribution in [-0.4, -0.2) is 26.0 Å². The molecule has 0 aromatic heterocycles. The molecule has 0 radical (unpaired) electrons. The molecule has 1 atom stereocenters. The first-order valence-corrected chi connectivity index (χ1v) is 6.66. The summed E-state index contributed by atoms with van der Waals surface area (Å²) in [4.78, 5) is 12.2. The van der Waals surface area contributed by atoms with E-state index in [9.17, 15) is 4.79 Å². The molecule has 98 valence electrons. The largest absolute Gasteiger partial charge is 0.495 e. The summed E-state index contributed by atoms with van der Waals surface area (Å²) in [5.74, 6) is 1.18. The minimum atomic E-state index is 0.165. The van der Waals surface area contributed by atoms with E-state index in [-0.39, 0.29) is 5.78 Å². The van der Waals surface area contributed by atoms with Crippen molar-refractivity contribution in [3.05, 3.63) is 28.8 Å². The van der Waals surface area contributed by atoms with Gasteiger partial charge in [0.25, 0.3) is 0 Å². The van der Waals surface area contributed by atoms with Crippen molar-refractivity contribution in [1.29, 1.82) is 0 Å². The van der Waals surface area contributed by atoms with Gasteiger partial charge in [0.2, 0.25) is 0 Å². The number of ketones is 1. The van der Waals surface area contributed by atoms with Gasteiger partial charge in [-0.05, 0) is 50.0 Å². The Kier molecular flexibility index (Phi) is 4.61. The number of Topliss-reactive ketones (excluding diaryl/α,β-unsaturated/α-hetero) is 1. The molecule has 1 N–H and O–H groups in total. The van der Waals surface area contributed by atoms with E-state index in [1.165, 1.54) is 0 Å². The summed E-state index contributed by atoms with van der Waals surface area (Å²) in [7, 11) is 1.56. The Morgan fingerprint density at radius 3 is 3.06 bits per heavy atom. The van der Waals surface area contributed by atoms with Crippen LogP contribution in [0.25, 0.3) is 0 Å². The number of carbonyl (C=O) groups is 1. The van der Waals surface area contributed by atoms with Crippen molar-refractivity contribution in [2.24, 2.45) is 5.92 Å². The lowest BCUT2D eigenvalue weighted by Gasteiger charge is -2.22. The Bertz CT molecular complexity index is 428. The number of rotatable bonds is 4. The number of hydrogen-bond donors (Lipinski definition) is 1. The molecule has 1 aliphatic heterocycles. The number of carbonyl (C=O) groups excluding carboxylic acids is 1. The van der Waals surface area contributed by atoms with Crippen molar-refractivity contribution in [3.8, 4) is 5.75 Å². The predicted octanol–water partition coefficient (Wildman–Crippen LogP) is 2.92. The summed E-state index contributed by atoms with van der Waals surface area (Å²) in [6.45, 7) is 2.01. The van der Waals surface area contributed by atoms with Crippen molar-refractivity contribution in [2.45, 2.75) is 19.3 Å². The normalized spacial score (nSPS) is 19.6. The van der Waals surface area contributed by atoms with Crippen LogP contribution in [0.2, 0.25) is 5.02 Å². The zero-order chi connectivity index (χ0) is 13.0. The van der Waals surface area contributed by atoms with Crippen LogP contribution in [0, 0.1) is 5.92 Å². The molecule has 1 aromatic carbocycles. The van der Waals surface area contributed by atoms with E-state index >= 15 is 0 Å². The second kappa shape index (κ2) is 6.21. The fourth-order valence-electron chi connectivity index (χ4n) is 2.31. The number of ether oxygens (including phenoxy) is 1. The van der Waals surface area contributed by atoms with Gasteiger partial charge in [-0.15, -0.1) is 0 Å². The van der Waals surface area contributed by atoms with Gasteiger partial charge in [-0.1, -0.05) is 11.6 Å². The number of piperidine rings is 1. The van der Waals surface area contributed by atoms with Crippen LogP contribution in [0.1, 0.15) is 29.6 Å². The third kappa shape index (κ3) is 3.24. The number of benzene rings is 1. The molecule has 0 aliphatic carbocycles. The molecule has 1 fully saturated rings. The van der Waals surface area contributed by atoms with Crippen molar-refractivity contribution < 1.29 is 9.53 Å². The Balaban J connectivity index is 2.03. The number of halogens is 1. The van der Waals surface area contributed by atoms with Gasteiger partial charge in [0.05, 0.1) is 12.1 Å². The fraction of sp³-hybridized carbons (Fsp3) is 0.500. The average Bonchev–Trinajstić information content (AvgIpc) is 2.40. The zero-order valence-corrected chi connectivity index (χ0v) is 11.3. The highest BCUT2D eigenvalue weighted by molar-refractivity contribution is 6.32. The van der Waals surface area contributed by atoms with E-state index in [1.54, 1.807) is 25.3 Å². The fourth-order valence-corrected chi connectivity index (χ4v) is 2.51. The van der Waals surface area contributed by atoms with Crippen molar-refractivity contribution in [2.75, 3.05) is 20.2 Å². The highest BCUT2D eigenvalue weighted by Crippen LogP contribution is 2.26. The summed E-state index contributed by atoms with van der Waals surface area (Å²) in [6.07, 6.45) is 2.88. The minimum absolute atomic E-state index is 0.165. The maximum atomic E-state index is 12.2. The second-order valence-corrected chi connectivity index (χ2v) is 5.10. The van der Waals surface area contributed by atoms with Gasteiger partial charge in [0, 0.05) is 12.0 Å². The number of nitrogens with one attached hydrogen (secondary N) is 1. The molecule has 2 rings (SSSR count). The van der Waals surface area contributed by atoms with E-state index < -0.39 is 0 Å². The predicted molar refractivity (Wildman–Crippen MR) is 72.5 cm³/mol. The van der Waals surface area contributed by atoms with Gasteiger partial charge in [-0.25, -0.2) is 0 Å². The summed E-state index contributed by atoms with van der Waals surface area (Å²) in [5, 5.41) is 3.86. The Labute approximate surface area is 112 Å². The maximum Gasteiger partial charge on any atom is 0.163 e. The molecular weight excluding hydrogens is 250 g/mol. The topological polar surface area (TPSA) is 38.3 Å². The van der Waals surface area contributed by atoms with Gasteiger partial charge in [-0.2, -0.15) is 0 Å². The molecular formula is C14H18ClNO2. The van der Waals surface area contributed by atoms with E-state index in [4.69, 9.17) is 16.3 Å². The second-order valence-electron chi connectivity index (χ2n) is 4.69. The maximum absolute atomic E-state index is 12.2. The molecule has 18 heavy (non-hydrogen) atoms. The molecule has 1 saturated heterocycles. The lowest BCUT2D eigenvalue weighted by atomic mass is 9.92. The summed E-state index contributed by atoms with van der Waals surface area (Å²) < 4.78 is 5.13. The number of methoxy groups -OCH3 is 1. The molecule has 0 amide bonds. The molecule has 1 heterocycles. The van der Waals surface area contributed by atoms with Crippen molar-refractivity contribution in [3.63, 3.8) is 0 Å². The summed E-state index contributed by atoms with van der Waals surface area (Å²) in [5.41, 5.74) is 0.682. The standard InChI is InChI=1S/C14H18ClNO2/c1-18-14-8-11(4-5-12(14)15)13(17)7-10-3-2-6-16-9-10/h4-5,8,10,16H,2-3,6-7,9H2,1H3. The van der Waals surface area contributed by atoms with E-state index in [2.05, 4.69) is 5.32 Å². The molecule has 0 spiro atoms. The van der Waals surface area contributed by atoms with Crippen LogP contribution in [0.4, 0.5) is 0 Å². The molecule has 0 saturated carbocycles.